The highest BCUT2D eigenvalue weighted by Gasteiger charge is 2.18. The second-order valence-electron chi connectivity index (χ2n) is 5.06. The minimum absolute atomic E-state index is 0.149. The van der Waals surface area contributed by atoms with Crippen LogP contribution in [-0.2, 0) is 4.79 Å². The standard InChI is InChI=1S/C18H14ClFN2O2/c1-3-12-5-4-6-14(9-12)21-17(23)11-22(2)18(24)15-8-7-13(19)10-16(15)20/h1,4-10H,11H2,2H3,(H,21,23). The Morgan fingerprint density at radius 3 is 2.71 bits per heavy atom. The number of carbonyl (C=O) groups is 2. The van der Waals surface area contributed by atoms with Gasteiger partial charge in [-0.15, -0.1) is 6.42 Å². The minimum atomic E-state index is -0.735. The van der Waals surface area contributed by atoms with Gasteiger partial charge in [-0.25, -0.2) is 4.39 Å². The van der Waals surface area contributed by atoms with Gasteiger partial charge in [0.25, 0.3) is 5.91 Å². The highest BCUT2D eigenvalue weighted by Crippen LogP contribution is 2.16. The van der Waals surface area contributed by atoms with Crippen LogP contribution in [0.1, 0.15) is 15.9 Å². The fourth-order valence-corrected chi connectivity index (χ4v) is 2.20. The van der Waals surface area contributed by atoms with Gasteiger partial charge < -0.3 is 10.2 Å². The number of anilines is 1. The van der Waals surface area contributed by atoms with Crippen LogP contribution in [0.15, 0.2) is 42.5 Å². The van der Waals surface area contributed by atoms with Gasteiger partial charge in [0.2, 0.25) is 5.91 Å². The topological polar surface area (TPSA) is 49.4 Å². The summed E-state index contributed by atoms with van der Waals surface area (Å²) in [6.45, 7) is -0.235. The Morgan fingerprint density at radius 1 is 1.29 bits per heavy atom. The van der Waals surface area contributed by atoms with Crippen LogP contribution >= 0.6 is 11.6 Å². The summed E-state index contributed by atoms with van der Waals surface area (Å²) < 4.78 is 13.8. The maximum absolute atomic E-state index is 13.8. The lowest BCUT2D eigenvalue weighted by Gasteiger charge is -2.17. The average molecular weight is 345 g/mol. The van der Waals surface area contributed by atoms with Gasteiger partial charge in [0.05, 0.1) is 12.1 Å². The van der Waals surface area contributed by atoms with Gasteiger partial charge in [-0.1, -0.05) is 23.6 Å². The molecule has 0 spiro atoms. The number of terminal acetylenes is 1. The number of hydrogen-bond acceptors (Lipinski definition) is 2. The molecule has 0 radical (unpaired) electrons. The van der Waals surface area contributed by atoms with Gasteiger partial charge in [0.1, 0.15) is 5.82 Å². The van der Waals surface area contributed by atoms with E-state index in [1.807, 2.05) is 0 Å². The van der Waals surface area contributed by atoms with Crippen LogP contribution in [0.3, 0.4) is 0 Å². The Morgan fingerprint density at radius 2 is 2.04 bits per heavy atom. The first-order chi connectivity index (χ1) is 11.4. The van der Waals surface area contributed by atoms with Gasteiger partial charge in [-0.2, -0.15) is 0 Å². The maximum Gasteiger partial charge on any atom is 0.257 e. The first-order valence-electron chi connectivity index (χ1n) is 6.97. The fourth-order valence-electron chi connectivity index (χ4n) is 2.04. The van der Waals surface area contributed by atoms with E-state index in [9.17, 15) is 14.0 Å². The van der Waals surface area contributed by atoms with E-state index >= 15 is 0 Å². The summed E-state index contributed by atoms with van der Waals surface area (Å²) in [5.74, 6) is 0.693. The molecule has 2 aromatic carbocycles. The van der Waals surface area contributed by atoms with Crippen molar-refractivity contribution < 1.29 is 14.0 Å². The van der Waals surface area contributed by atoms with E-state index in [1.165, 1.54) is 19.2 Å². The number of nitrogens with zero attached hydrogens (tertiary/aromatic N) is 1. The van der Waals surface area contributed by atoms with Crippen molar-refractivity contribution in [2.45, 2.75) is 0 Å². The Balaban J connectivity index is 2.02. The lowest BCUT2D eigenvalue weighted by atomic mass is 10.2. The van der Waals surface area contributed by atoms with Crippen molar-refractivity contribution in [2.75, 3.05) is 18.9 Å². The Labute approximate surface area is 144 Å². The number of benzene rings is 2. The molecule has 24 heavy (non-hydrogen) atoms. The number of amides is 2. The van der Waals surface area contributed by atoms with Crippen LogP contribution in [0.25, 0.3) is 0 Å². The van der Waals surface area contributed by atoms with Gasteiger partial charge >= 0.3 is 0 Å². The maximum atomic E-state index is 13.8. The zero-order valence-electron chi connectivity index (χ0n) is 12.8. The van der Waals surface area contributed by atoms with E-state index in [0.717, 1.165) is 11.0 Å². The third-order valence-corrected chi connectivity index (χ3v) is 3.44. The molecule has 6 heteroatoms. The average Bonchev–Trinajstić information content (AvgIpc) is 2.54. The molecule has 0 aliphatic heterocycles. The van der Waals surface area contributed by atoms with E-state index < -0.39 is 17.6 Å². The molecule has 2 aromatic rings. The molecule has 0 aromatic heterocycles. The summed E-state index contributed by atoms with van der Waals surface area (Å²) in [6.07, 6.45) is 5.30. The zero-order valence-corrected chi connectivity index (χ0v) is 13.6. The molecule has 0 bridgehead atoms. The first kappa shape index (κ1) is 17.5. The summed E-state index contributed by atoms with van der Waals surface area (Å²) in [5, 5.41) is 2.83. The lowest BCUT2D eigenvalue weighted by Crippen LogP contribution is -2.35. The minimum Gasteiger partial charge on any atom is -0.332 e. The smallest absolute Gasteiger partial charge is 0.257 e. The first-order valence-corrected chi connectivity index (χ1v) is 7.35. The molecule has 0 atom stereocenters. The van der Waals surface area contributed by atoms with Crippen LogP contribution < -0.4 is 5.32 Å². The Hall–Kier alpha value is -2.84. The number of carbonyl (C=O) groups excluding carboxylic acids is 2. The van der Waals surface area contributed by atoms with Crippen molar-refractivity contribution in [1.82, 2.24) is 4.90 Å². The molecular formula is C18H14ClFN2O2. The van der Waals surface area contributed by atoms with Crippen molar-refractivity contribution in [1.29, 1.82) is 0 Å². The summed E-state index contributed by atoms with van der Waals surface area (Å²) in [6, 6.07) is 10.5. The van der Waals surface area contributed by atoms with Crippen LogP contribution in [0.2, 0.25) is 5.02 Å². The normalized spacial score (nSPS) is 9.92. The van der Waals surface area contributed by atoms with Crippen molar-refractivity contribution in [2.24, 2.45) is 0 Å². The van der Waals surface area contributed by atoms with Gasteiger partial charge in [0.15, 0.2) is 0 Å². The van der Waals surface area contributed by atoms with E-state index in [1.54, 1.807) is 24.3 Å². The van der Waals surface area contributed by atoms with E-state index in [0.29, 0.717) is 11.3 Å². The monoisotopic (exact) mass is 344 g/mol. The zero-order chi connectivity index (χ0) is 17.7. The van der Waals surface area contributed by atoms with Gasteiger partial charge in [-0.3, -0.25) is 9.59 Å². The second kappa shape index (κ2) is 7.62. The third-order valence-electron chi connectivity index (χ3n) is 3.20. The summed E-state index contributed by atoms with van der Waals surface area (Å²) in [4.78, 5) is 25.3. The molecule has 0 saturated carbocycles. The Kier molecular flexibility index (Phi) is 5.56. The quantitative estimate of drug-likeness (QED) is 0.866. The number of nitrogens with one attached hydrogen (secondary N) is 1. The highest BCUT2D eigenvalue weighted by atomic mass is 35.5. The molecule has 122 valence electrons. The summed E-state index contributed by atoms with van der Waals surface area (Å²) >= 11 is 5.66. The molecule has 0 heterocycles. The van der Waals surface area contributed by atoms with Crippen molar-refractivity contribution in [3.8, 4) is 12.3 Å². The van der Waals surface area contributed by atoms with Crippen LogP contribution in [0.5, 0.6) is 0 Å². The molecule has 2 rings (SSSR count). The molecule has 4 nitrogen and oxygen atoms in total. The summed E-state index contributed by atoms with van der Waals surface area (Å²) in [5.41, 5.74) is 0.999. The third kappa shape index (κ3) is 4.34. The van der Waals surface area contributed by atoms with E-state index in [-0.39, 0.29) is 17.1 Å². The second-order valence-corrected chi connectivity index (χ2v) is 5.50. The number of hydrogen-bond donors (Lipinski definition) is 1. The van der Waals surface area contributed by atoms with Crippen molar-refractivity contribution in [3.63, 3.8) is 0 Å². The number of halogens is 2. The van der Waals surface area contributed by atoms with Crippen molar-refractivity contribution in [3.05, 3.63) is 64.4 Å². The lowest BCUT2D eigenvalue weighted by molar-refractivity contribution is -0.116. The molecule has 0 fully saturated rings. The highest BCUT2D eigenvalue weighted by molar-refractivity contribution is 6.30. The molecule has 0 aliphatic rings. The molecule has 1 N–H and O–H groups in total. The fraction of sp³-hybridized carbons (Fsp3) is 0.111. The molecule has 0 aliphatic carbocycles. The summed E-state index contributed by atoms with van der Waals surface area (Å²) in [7, 11) is 1.41. The predicted octanol–water partition coefficient (Wildman–Crippen LogP) is 3.17. The predicted molar refractivity (Wildman–Crippen MR) is 91.4 cm³/mol. The molecule has 0 saturated heterocycles. The van der Waals surface area contributed by atoms with Crippen LogP contribution in [0.4, 0.5) is 10.1 Å². The number of rotatable bonds is 4. The Bertz CT molecular complexity index is 830. The van der Waals surface area contributed by atoms with E-state index in [4.69, 9.17) is 18.0 Å². The van der Waals surface area contributed by atoms with E-state index in [2.05, 4.69) is 11.2 Å². The molecule has 2 amide bonds. The molecular weight excluding hydrogens is 331 g/mol. The van der Waals surface area contributed by atoms with Crippen molar-refractivity contribution >= 4 is 29.1 Å². The van der Waals surface area contributed by atoms with Gasteiger partial charge in [0, 0.05) is 23.3 Å². The number of likely N-dealkylation sites (N-methyl/N-ethyl adjacent to an activating group) is 1. The largest absolute Gasteiger partial charge is 0.332 e. The SMILES string of the molecule is C#Cc1cccc(NC(=O)CN(C)C(=O)c2ccc(Cl)cc2F)c1. The van der Waals surface area contributed by atoms with Crippen LogP contribution in [0, 0.1) is 18.2 Å². The van der Waals surface area contributed by atoms with Gasteiger partial charge in [-0.05, 0) is 36.4 Å². The molecule has 0 unspecified atom stereocenters. The van der Waals surface area contributed by atoms with Crippen LogP contribution in [-0.4, -0.2) is 30.3 Å².